The molecule has 4 aromatic rings. The quantitative estimate of drug-likeness (QED) is 0.143. The number of benzene rings is 4. The first-order valence-corrected chi connectivity index (χ1v) is 10.8. The zero-order chi connectivity index (χ0) is 21.1. The van der Waals surface area contributed by atoms with Gasteiger partial charge < -0.3 is 0 Å². The van der Waals surface area contributed by atoms with Crippen molar-refractivity contribution in [2.45, 2.75) is 10.3 Å². The Hall–Kier alpha value is -2.60. The summed E-state index contributed by atoms with van der Waals surface area (Å²) in [4.78, 5) is 0. The monoisotopic (exact) mass is 514 g/mol. The van der Waals surface area contributed by atoms with Gasteiger partial charge in [0.05, 0.1) is 0 Å². The summed E-state index contributed by atoms with van der Waals surface area (Å²) >= 11 is 2.47. The predicted octanol–water partition coefficient (Wildman–Crippen LogP) is 8.16. The fraction of sp³-hybridized carbons (Fsp3) is 0.0769. The van der Waals surface area contributed by atoms with Crippen LogP contribution in [0.5, 0.6) is 0 Å². The van der Waals surface area contributed by atoms with Gasteiger partial charge in [0.2, 0.25) is 0 Å². The third kappa shape index (κ3) is 4.59. The smallest absolute Gasteiger partial charge is 0.194 e. The van der Waals surface area contributed by atoms with Gasteiger partial charge >= 0.3 is 0 Å². The van der Waals surface area contributed by atoms with E-state index < -0.39 is 17.5 Å². The molecular formula is C26H18F3I. The van der Waals surface area contributed by atoms with Crippen molar-refractivity contribution >= 4 is 22.6 Å². The molecule has 0 saturated carbocycles. The van der Waals surface area contributed by atoms with Gasteiger partial charge in [0.15, 0.2) is 17.5 Å². The van der Waals surface area contributed by atoms with E-state index in [1.54, 1.807) is 12.1 Å². The van der Waals surface area contributed by atoms with Crippen LogP contribution in [0.1, 0.15) is 15.1 Å². The average molecular weight is 514 g/mol. The Labute approximate surface area is 187 Å². The Morgan fingerprint density at radius 2 is 1.07 bits per heavy atom. The first-order chi connectivity index (χ1) is 14.5. The van der Waals surface area contributed by atoms with E-state index in [2.05, 4.69) is 71.1 Å². The van der Waals surface area contributed by atoms with Crippen LogP contribution in [0.15, 0.2) is 91.0 Å². The van der Waals surface area contributed by atoms with E-state index in [4.69, 9.17) is 0 Å². The van der Waals surface area contributed by atoms with Gasteiger partial charge in [-0.3, -0.25) is 0 Å². The molecule has 4 rings (SSSR count). The van der Waals surface area contributed by atoms with Gasteiger partial charge in [-0.05, 0) is 51.9 Å². The maximum absolute atomic E-state index is 13.5. The van der Waals surface area contributed by atoms with E-state index >= 15 is 0 Å². The third-order valence-electron chi connectivity index (χ3n) is 5.07. The second kappa shape index (κ2) is 9.04. The molecule has 0 aliphatic carbocycles. The fourth-order valence-electron chi connectivity index (χ4n) is 3.40. The predicted molar refractivity (Wildman–Crippen MR) is 124 cm³/mol. The molecule has 0 radical (unpaired) electrons. The Morgan fingerprint density at radius 3 is 1.60 bits per heavy atom. The molecule has 0 fully saturated rings. The second-order valence-corrected chi connectivity index (χ2v) is 8.61. The van der Waals surface area contributed by atoms with E-state index in [1.807, 2.05) is 18.2 Å². The summed E-state index contributed by atoms with van der Waals surface area (Å²) in [7, 11) is 0. The van der Waals surface area contributed by atoms with Crippen molar-refractivity contribution in [2.75, 3.05) is 0 Å². The Balaban J connectivity index is 1.49. The summed E-state index contributed by atoms with van der Waals surface area (Å²) < 4.78 is 40.6. The molecule has 30 heavy (non-hydrogen) atoms. The normalized spacial score (nSPS) is 12.0. The maximum Gasteiger partial charge on any atom is 0.194 e. The first kappa shape index (κ1) is 20.7. The molecule has 1 atom stereocenters. The Morgan fingerprint density at radius 1 is 0.600 bits per heavy atom. The molecule has 0 aromatic heterocycles. The van der Waals surface area contributed by atoms with Crippen molar-refractivity contribution in [1.29, 1.82) is 0 Å². The third-order valence-corrected chi connectivity index (χ3v) is 6.23. The molecule has 150 valence electrons. The summed E-state index contributed by atoms with van der Waals surface area (Å²) in [6.07, 6.45) is 0.950. The zero-order valence-corrected chi connectivity index (χ0v) is 18.1. The molecule has 0 N–H and O–H groups in total. The zero-order valence-electron chi connectivity index (χ0n) is 16.0. The first-order valence-electron chi connectivity index (χ1n) is 9.54. The standard InChI is InChI=1S/C26H18F3I/c27-23-15-22(16-24(28)26(23)29)20-12-10-19(11-13-20)18-8-6-17(7-9-18)14-25(30)21-4-2-1-3-5-21/h1-13,15-16,25H,14H2/t25-/m0/s1. The van der Waals surface area contributed by atoms with Gasteiger partial charge in [-0.25, -0.2) is 13.2 Å². The van der Waals surface area contributed by atoms with E-state index in [9.17, 15) is 13.2 Å². The summed E-state index contributed by atoms with van der Waals surface area (Å²) in [5, 5.41) is 0. The lowest BCUT2D eigenvalue weighted by Gasteiger charge is -2.11. The highest BCUT2D eigenvalue weighted by Gasteiger charge is 2.12. The lowest BCUT2D eigenvalue weighted by molar-refractivity contribution is 0.448. The molecule has 0 unspecified atom stereocenters. The summed E-state index contributed by atoms with van der Waals surface area (Å²) in [5.74, 6) is -3.82. The highest BCUT2D eigenvalue weighted by Crippen LogP contribution is 2.30. The largest absolute Gasteiger partial charge is 0.204 e. The van der Waals surface area contributed by atoms with Crippen LogP contribution in [0.4, 0.5) is 13.2 Å². The number of halogens is 4. The highest BCUT2D eigenvalue weighted by atomic mass is 127. The minimum Gasteiger partial charge on any atom is -0.204 e. The molecule has 0 bridgehead atoms. The molecule has 4 aromatic carbocycles. The SMILES string of the molecule is Fc1cc(-c2ccc(-c3ccc(C[C@H](I)c4ccccc4)cc3)cc2)cc(F)c1F. The van der Waals surface area contributed by atoms with E-state index in [-0.39, 0.29) is 0 Å². The van der Waals surface area contributed by atoms with Crippen molar-refractivity contribution in [3.05, 3.63) is 120 Å². The molecule has 0 saturated heterocycles. The minimum atomic E-state index is -1.45. The van der Waals surface area contributed by atoms with Crippen LogP contribution in [0.2, 0.25) is 0 Å². The molecular weight excluding hydrogens is 496 g/mol. The van der Waals surface area contributed by atoms with Crippen molar-refractivity contribution in [3.63, 3.8) is 0 Å². The molecule has 0 spiro atoms. The van der Waals surface area contributed by atoms with E-state index in [0.29, 0.717) is 15.1 Å². The maximum atomic E-state index is 13.5. The summed E-state index contributed by atoms with van der Waals surface area (Å²) in [6, 6.07) is 28.2. The fourth-order valence-corrected chi connectivity index (χ4v) is 4.32. The lowest BCUT2D eigenvalue weighted by Crippen LogP contribution is -1.95. The van der Waals surface area contributed by atoms with Crippen LogP contribution in [0.25, 0.3) is 22.3 Å². The van der Waals surface area contributed by atoms with Gasteiger partial charge in [0.25, 0.3) is 0 Å². The second-order valence-electron chi connectivity index (χ2n) is 7.11. The van der Waals surface area contributed by atoms with Crippen LogP contribution in [-0.2, 0) is 6.42 Å². The van der Waals surface area contributed by atoms with Crippen LogP contribution in [0, 0.1) is 17.5 Å². The molecule has 0 heterocycles. The molecule has 0 nitrogen and oxygen atoms in total. The van der Waals surface area contributed by atoms with Gasteiger partial charge in [0, 0.05) is 3.92 Å². The minimum absolute atomic E-state index is 0.308. The van der Waals surface area contributed by atoms with Crippen molar-refractivity contribution < 1.29 is 13.2 Å². The molecule has 0 aliphatic heterocycles. The topological polar surface area (TPSA) is 0 Å². The van der Waals surface area contributed by atoms with Crippen molar-refractivity contribution in [2.24, 2.45) is 0 Å². The van der Waals surface area contributed by atoms with Crippen molar-refractivity contribution in [3.8, 4) is 22.3 Å². The average Bonchev–Trinajstić information content (AvgIpc) is 2.78. The van der Waals surface area contributed by atoms with Gasteiger partial charge in [0.1, 0.15) is 0 Å². The molecule has 0 amide bonds. The number of hydrogen-bond acceptors (Lipinski definition) is 0. The summed E-state index contributed by atoms with van der Waals surface area (Å²) in [6.45, 7) is 0. The van der Waals surface area contributed by atoms with E-state index in [0.717, 1.165) is 29.7 Å². The molecule has 0 aliphatic rings. The van der Waals surface area contributed by atoms with Crippen LogP contribution < -0.4 is 0 Å². The van der Waals surface area contributed by atoms with E-state index in [1.165, 1.54) is 11.1 Å². The van der Waals surface area contributed by atoms with Crippen LogP contribution in [0.3, 0.4) is 0 Å². The number of rotatable bonds is 5. The van der Waals surface area contributed by atoms with Gasteiger partial charge in [-0.15, -0.1) is 0 Å². The Bertz CT molecular complexity index is 1110. The Kier molecular flexibility index (Phi) is 6.23. The highest BCUT2D eigenvalue weighted by molar-refractivity contribution is 14.1. The lowest BCUT2D eigenvalue weighted by atomic mass is 9.98. The summed E-state index contributed by atoms with van der Waals surface area (Å²) in [5.41, 5.74) is 5.57. The number of alkyl halides is 1. The van der Waals surface area contributed by atoms with Crippen LogP contribution >= 0.6 is 22.6 Å². The van der Waals surface area contributed by atoms with Crippen LogP contribution in [-0.4, -0.2) is 0 Å². The van der Waals surface area contributed by atoms with Crippen molar-refractivity contribution in [1.82, 2.24) is 0 Å². The van der Waals surface area contributed by atoms with Gasteiger partial charge in [-0.2, -0.15) is 0 Å². The molecule has 4 heteroatoms. The van der Waals surface area contributed by atoms with Gasteiger partial charge in [-0.1, -0.05) is 101 Å². The number of hydrogen-bond donors (Lipinski definition) is 0.